The molecule has 0 saturated heterocycles. The molecular weight excluding hydrogens is 400 g/mol. The third-order valence-corrected chi connectivity index (χ3v) is 6.58. The molecule has 0 N–H and O–H groups in total. The van der Waals surface area contributed by atoms with Gasteiger partial charge in [0.15, 0.2) is 0 Å². The Morgan fingerprint density at radius 1 is 0.515 bits per heavy atom. The zero-order valence-corrected chi connectivity index (χ0v) is 17.9. The van der Waals surface area contributed by atoms with Gasteiger partial charge in [0, 0.05) is 16.3 Å². The largest absolute Gasteiger partial charge is 0.293 e. The van der Waals surface area contributed by atoms with Gasteiger partial charge in [-0.2, -0.15) is 0 Å². The minimum atomic E-state index is 0.993. The van der Waals surface area contributed by atoms with Crippen molar-refractivity contribution in [2.75, 3.05) is 0 Å². The van der Waals surface area contributed by atoms with E-state index in [9.17, 15) is 0 Å². The summed E-state index contributed by atoms with van der Waals surface area (Å²) in [5.41, 5.74) is 6.99. The zero-order valence-electron chi connectivity index (χ0n) is 17.9. The molecule has 7 rings (SSSR count). The summed E-state index contributed by atoms with van der Waals surface area (Å²) >= 11 is 0. The van der Waals surface area contributed by atoms with Crippen LogP contribution in [0.25, 0.3) is 60.8 Å². The summed E-state index contributed by atoms with van der Waals surface area (Å²) in [5, 5.41) is 4.86. The SMILES string of the molecule is c1ccc(-c2ccc(-n3c4nc5ccccc5c-4cc4ccccc43)c3ccccc23)cc1. The summed E-state index contributed by atoms with van der Waals surface area (Å²) in [6.45, 7) is 0. The smallest absolute Gasteiger partial charge is 0.146 e. The lowest BCUT2D eigenvalue weighted by atomic mass is 9.96. The number of para-hydroxylation sites is 2. The molecule has 0 amide bonds. The van der Waals surface area contributed by atoms with Crippen LogP contribution in [0.1, 0.15) is 0 Å². The molecule has 0 saturated carbocycles. The molecule has 154 valence electrons. The molecular formula is C31H20N2. The summed E-state index contributed by atoms with van der Waals surface area (Å²) < 4.78 is 2.34. The monoisotopic (exact) mass is 420 g/mol. The maximum atomic E-state index is 5.09. The van der Waals surface area contributed by atoms with Crippen LogP contribution in [0.5, 0.6) is 0 Å². The highest BCUT2D eigenvalue weighted by Gasteiger charge is 2.20. The van der Waals surface area contributed by atoms with Crippen LogP contribution < -0.4 is 0 Å². The van der Waals surface area contributed by atoms with Crippen LogP contribution in [-0.2, 0) is 0 Å². The van der Waals surface area contributed by atoms with Gasteiger partial charge in [0.1, 0.15) is 5.82 Å². The van der Waals surface area contributed by atoms with Crippen molar-refractivity contribution in [3.8, 4) is 28.2 Å². The minimum absolute atomic E-state index is 0.993. The Morgan fingerprint density at radius 2 is 1.21 bits per heavy atom. The fourth-order valence-electron chi connectivity index (χ4n) is 5.08. The summed E-state index contributed by atoms with van der Waals surface area (Å²) in [6, 6.07) is 43.1. The number of hydrogen-bond acceptors (Lipinski definition) is 1. The second-order valence-electron chi connectivity index (χ2n) is 8.45. The van der Waals surface area contributed by atoms with Gasteiger partial charge >= 0.3 is 0 Å². The van der Waals surface area contributed by atoms with Crippen molar-refractivity contribution < 1.29 is 0 Å². The van der Waals surface area contributed by atoms with Gasteiger partial charge in [-0.05, 0) is 46.2 Å². The zero-order chi connectivity index (χ0) is 21.8. The van der Waals surface area contributed by atoms with Crippen LogP contribution in [0.2, 0.25) is 0 Å². The molecule has 2 aliphatic rings. The topological polar surface area (TPSA) is 17.8 Å². The van der Waals surface area contributed by atoms with Crippen LogP contribution in [0.3, 0.4) is 0 Å². The molecule has 2 aliphatic heterocycles. The van der Waals surface area contributed by atoms with Gasteiger partial charge in [-0.15, -0.1) is 0 Å². The second kappa shape index (κ2) is 7.04. The number of benzene rings is 5. The molecule has 0 aromatic heterocycles. The summed E-state index contributed by atoms with van der Waals surface area (Å²) in [5.74, 6) is 0.993. The molecule has 0 bridgehead atoms. The fourth-order valence-corrected chi connectivity index (χ4v) is 5.08. The van der Waals surface area contributed by atoms with E-state index in [-0.39, 0.29) is 0 Å². The van der Waals surface area contributed by atoms with Crippen LogP contribution in [0.15, 0.2) is 121 Å². The Kier molecular flexibility index (Phi) is 3.88. The lowest BCUT2D eigenvalue weighted by Crippen LogP contribution is -2.04. The average Bonchev–Trinajstić information content (AvgIpc) is 3.25. The predicted molar refractivity (Wildman–Crippen MR) is 138 cm³/mol. The maximum absolute atomic E-state index is 5.09. The van der Waals surface area contributed by atoms with E-state index >= 15 is 0 Å². The Labute approximate surface area is 191 Å². The van der Waals surface area contributed by atoms with Crippen molar-refractivity contribution in [1.82, 2.24) is 9.55 Å². The van der Waals surface area contributed by atoms with Gasteiger partial charge in [-0.3, -0.25) is 4.57 Å². The van der Waals surface area contributed by atoms with Crippen LogP contribution >= 0.6 is 0 Å². The summed E-state index contributed by atoms with van der Waals surface area (Å²) in [7, 11) is 0. The molecule has 0 fully saturated rings. The number of hydrogen-bond donors (Lipinski definition) is 0. The number of fused-ring (bicyclic) bond motifs is 5. The first-order valence-corrected chi connectivity index (χ1v) is 11.2. The van der Waals surface area contributed by atoms with Crippen molar-refractivity contribution in [2.24, 2.45) is 0 Å². The first kappa shape index (κ1) is 18.2. The van der Waals surface area contributed by atoms with Gasteiger partial charge < -0.3 is 0 Å². The standard InChI is InChI=1S/C31H20N2/c1-2-10-21(11-3-1)23-18-19-30(26-15-6-5-13-24(23)26)33-29-17-9-4-12-22(29)20-27-25-14-7-8-16-28(25)32-31(27)33/h1-20H. The average molecular weight is 421 g/mol. The van der Waals surface area contributed by atoms with Gasteiger partial charge in [0.05, 0.1) is 16.7 Å². The molecule has 0 spiro atoms. The van der Waals surface area contributed by atoms with E-state index in [0.29, 0.717) is 0 Å². The molecule has 5 aromatic rings. The highest BCUT2D eigenvalue weighted by Crippen LogP contribution is 2.39. The first-order chi connectivity index (χ1) is 16.4. The van der Waals surface area contributed by atoms with E-state index in [0.717, 1.165) is 22.5 Å². The number of nitrogens with zero attached hydrogens (tertiary/aromatic N) is 2. The van der Waals surface area contributed by atoms with Crippen molar-refractivity contribution in [1.29, 1.82) is 0 Å². The van der Waals surface area contributed by atoms with Crippen molar-refractivity contribution in [3.63, 3.8) is 0 Å². The van der Waals surface area contributed by atoms with E-state index in [1.807, 2.05) is 0 Å². The molecule has 2 heterocycles. The lowest BCUT2D eigenvalue weighted by molar-refractivity contribution is 1.09. The summed E-state index contributed by atoms with van der Waals surface area (Å²) in [6.07, 6.45) is 0. The van der Waals surface area contributed by atoms with E-state index in [1.54, 1.807) is 0 Å². The number of aromatic nitrogens is 2. The first-order valence-electron chi connectivity index (χ1n) is 11.2. The van der Waals surface area contributed by atoms with E-state index in [2.05, 4.69) is 126 Å². The third-order valence-electron chi connectivity index (χ3n) is 6.58. The number of pyridine rings is 1. The van der Waals surface area contributed by atoms with E-state index in [4.69, 9.17) is 4.98 Å². The third kappa shape index (κ3) is 2.71. The molecule has 5 aromatic carbocycles. The normalized spacial score (nSPS) is 11.6. The molecule has 2 nitrogen and oxygen atoms in total. The minimum Gasteiger partial charge on any atom is -0.293 e. The molecule has 0 radical (unpaired) electrons. The van der Waals surface area contributed by atoms with Gasteiger partial charge in [-0.25, -0.2) is 4.98 Å². The molecule has 0 aliphatic carbocycles. The lowest BCUT2D eigenvalue weighted by Gasteiger charge is -2.19. The fraction of sp³-hybridized carbons (Fsp3) is 0. The summed E-state index contributed by atoms with van der Waals surface area (Å²) in [4.78, 5) is 5.09. The predicted octanol–water partition coefficient (Wildman–Crippen LogP) is 8.10. The highest BCUT2D eigenvalue weighted by molar-refractivity contribution is 6.05. The molecule has 0 unspecified atom stereocenters. The van der Waals surface area contributed by atoms with Gasteiger partial charge in [0.2, 0.25) is 0 Å². The van der Waals surface area contributed by atoms with Crippen LogP contribution in [0, 0.1) is 0 Å². The Bertz CT molecular complexity index is 1760. The Morgan fingerprint density at radius 3 is 2.09 bits per heavy atom. The van der Waals surface area contributed by atoms with Crippen molar-refractivity contribution in [3.05, 3.63) is 121 Å². The molecule has 33 heavy (non-hydrogen) atoms. The maximum Gasteiger partial charge on any atom is 0.146 e. The quantitative estimate of drug-likeness (QED) is 0.276. The highest BCUT2D eigenvalue weighted by atomic mass is 15.1. The van der Waals surface area contributed by atoms with Crippen LogP contribution in [0.4, 0.5) is 0 Å². The van der Waals surface area contributed by atoms with Gasteiger partial charge in [0.25, 0.3) is 0 Å². The van der Waals surface area contributed by atoms with Crippen molar-refractivity contribution >= 4 is 32.6 Å². The Balaban J connectivity index is 1.62. The van der Waals surface area contributed by atoms with Crippen LogP contribution in [-0.4, -0.2) is 9.55 Å². The Hall–Kier alpha value is -4.43. The van der Waals surface area contributed by atoms with Gasteiger partial charge in [-0.1, -0.05) is 97.1 Å². The van der Waals surface area contributed by atoms with E-state index < -0.39 is 0 Å². The molecule has 2 heteroatoms. The van der Waals surface area contributed by atoms with E-state index in [1.165, 1.54) is 38.2 Å². The van der Waals surface area contributed by atoms with Crippen molar-refractivity contribution in [2.45, 2.75) is 0 Å². The number of rotatable bonds is 2. The molecule has 0 atom stereocenters. The second-order valence-corrected chi connectivity index (χ2v) is 8.45.